The highest BCUT2D eigenvalue weighted by atomic mass is 16.2. The molecular weight excluding hydrogens is 260 g/mol. The molecule has 1 saturated heterocycles. The van der Waals surface area contributed by atoms with Crippen molar-refractivity contribution >= 4 is 5.91 Å². The average Bonchev–Trinajstić information content (AvgIpc) is 2.96. The molecule has 0 radical (unpaired) electrons. The molecule has 0 bridgehead atoms. The summed E-state index contributed by atoms with van der Waals surface area (Å²) in [4.78, 5) is 14.6. The van der Waals surface area contributed by atoms with Crippen LogP contribution in [0.2, 0.25) is 0 Å². The lowest BCUT2D eigenvalue weighted by atomic mass is 9.99. The topological polar surface area (TPSA) is 46.3 Å². The molecule has 0 spiro atoms. The number of nitrogens with two attached hydrogens (primary N) is 1. The summed E-state index contributed by atoms with van der Waals surface area (Å²) in [6, 6.07) is 8.76. The van der Waals surface area contributed by atoms with Crippen molar-refractivity contribution in [3.8, 4) is 0 Å². The maximum atomic E-state index is 12.5. The Kier molecular flexibility index (Phi) is 6.24. The van der Waals surface area contributed by atoms with Crippen LogP contribution in [-0.4, -0.2) is 23.9 Å². The van der Waals surface area contributed by atoms with E-state index in [0.29, 0.717) is 18.4 Å². The zero-order valence-corrected chi connectivity index (χ0v) is 13.2. The number of carbonyl (C=O) groups is 1. The number of aryl methyl sites for hydroxylation is 1. The molecule has 3 heteroatoms. The van der Waals surface area contributed by atoms with Crippen LogP contribution in [0.15, 0.2) is 24.3 Å². The second-order valence-corrected chi connectivity index (χ2v) is 6.05. The third-order valence-electron chi connectivity index (χ3n) is 4.47. The van der Waals surface area contributed by atoms with Crippen molar-refractivity contribution in [2.24, 2.45) is 5.73 Å². The minimum atomic E-state index is 0.294. The van der Waals surface area contributed by atoms with Crippen molar-refractivity contribution in [1.29, 1.82) is 0 Å². The van der Waals surface area contributed by atoms with Crippen LogP contribution in [0.4, 0.5) is 0 Å². The highest BCUT2D eigenvalue weighted by molar-refractivity contribution is 5.77. The van der Waals surface area contributed by atoms with E-state index in [2.05, 4.69) is 36.1 Å². The highest BCUT2D eigenvalue weighted by Crippen LogP contribution is 2.34. The molecule has 1 atom stereocenters. The Morgan fingerprint density at radius 2 is 2.00 bits per heavy atom. The summed E-state index contributed by atoms with van der Waals surface area (Å²) in [5.74, 6) is 0.327. The van der Waals surface area contributed by atoms with Crippen molar-refractivity contribution in [2.75, 3.05) is 13.1 Å². The largest absolute Gasteiger partial charge is 0.336 e. The highest BCUT2D eigenvalue weighted by Gasteiger charge is 2.30. The Bertz CT molecular complexity index is 458. The summed E-state index contributed by atoms with van der Waals surface area (Å²) in [6.07, 6.45) is 7.24. The molecule has 1 fully saturated rings. The van der Waals surface area contributed by atoms with E-state index in [0.717, 1.165) is 51.6 Å². The van der Waals surface area contributed by atoms with Crippen molar-refractivity contribution in [3.63, 3.8) is 0 Å². The minimum Gasteiger partial charge on any atom is -0.336 e. The zero-order chi connectivity index (χ0) is 15.1. The summed E-state index contributed by atoms with van der Waals surface area (Å²) < 4.78 is 0. The summed E-state index contributed by atoms with van der Waals surface area (Å²) in [5.41, 5.74) is 8.11. The number of benzene rings is 1. The first kappa shape index (κ1) is 16.0. The maximum Gasteiger partial charge on any atom is 0.223 e. The summed E-state index contributed by atoms with van der Waals surface area (Å²) >= 11 is 0. The van der Waals surface area contributed by atoms with Gasteiger partial charge in [-0.2, -0.15) is 0 Å². The molecule has 1 aromatic rings. The molecule has 116 valence electrons. The van der Waals surface area contributed by atoms with Crippen LogP contribution in [0, 0.1) is 6.92 Å². The number of amides is 1. The Morgan fingerprint density at radius 3 is 2.76 bits per heavy atom. The predicted octanol–water partition coefficient (Wildman–Crippen LogP) is 3.57. The van der Waals surface area contributed by atoms with E-state index in [1.54, 1.807) is 0 Å². The molecule has 3 nitrogen and oxygen atoms in total. The molecular formula is C18H28N2O. The molecule has 0 aromatic heterocycles. The van der Waals surface area contributed by atoms with E-state index in [4.69, 9.17) is 5.73 Å². The van der Waals surface area contributed by atoms with Crippen molar-refractivity contribution < 1.29 is 4.79 Å². The third kappa shape index (κ3) is 4.31. The fourth-order valence-corrected chi connectivity index (χ4v) is 3.27. The van der Waals surface area contributed by atoms with Gasteiger partial charge in [0.15, 0.2) is 0 Å². The van der Waals surface area contributed by atoms with Crippen LogP contribution in [0.3, 0.4) is 0 Å². The number of likely N-dealkylation sites (tertiary alicyclic amines) is 1. The lowest BCUT2D eigenvalue weighted by Gasteiger charge is -2.26. The Balaban J connectivity index is 1.89. The number of unbranched alkanes of at least 4 members (excludes halogenated alkanes) is 3. The lowest BCUT2D eigenvalue weighted by molar-refractivity contribution is -0.132. The van der Waals surface area contributed by atoms with Gasteiger partial charge in [-0.1, -0.05) is 37.1 Å². The molecule has 1 aliphatic rings. The number of hydrogen-bond donors (Lipinski definition) is 1. The van der Waals surface area contributed by atoms with Gasteiger partial charge >= 0.3 is 0 Å². The number of rotatable bonds is 7. The van der Waals surface area contributed by atoms with Gasteiger partial charge in [0, 0.05) is 13.0 Å². The van der Waals surface area contributed by atoms with Gasteiger partial charge in [-0.15, -0.1) is 0 Å². The molecule has 0 aliphatic carbocycles. The van der Waals surface area contributed by atoms with Gasteiger partial charge in [0.25, 0.3) is 0 Å². The second kappa shape index (κ2) is 8.18. The van der Waals surface area contributed by atoms with Crippen LogP contribution in [0.5, 0.6) is 0 Å². The normalized spacial score (nSPS) is 18.2. The van der Waals surface area contributed by atoms with E-state index in [9.17, 15) is 4.79 Å². The maximum absolute atomic E-state index is 12.5. The van der Waals surface area contributed by atoms with Gasteiger partial charge in [-0.3, -0.25) is 4.79 Å². The van der Waals surface area contributed by atoms with Gasteiger partial charge in [0.05, 0.1) is 6.04 Å². The Labute approximate surface area is 128 Å². The first-order valence-corrected chi connectivity index (χ1v) is 8.29. The standard InChI is InChI=1S/C18H28N2O/c1-15-9-5-6-10-16(15)17-11-8-14-20(17)18(21)12-4-2-3-7-13-19/h5-6,9-10,17H,2-4,7-8,11-14,19H2,1H3. The molecule has 2 N–H and O–H groups in total. The van der Waals surface area contributed by atoms with Crippen molar-refractivity contribution in [1.82, 2.24) is 4.90 Å². The van der Waals surface area contributed by atoms with Gasteiger partial charge < -0.3 is 10.6 Å². The van der Waals surface area contributed by atoms with Crippen LogP contribution in [-0.2, 0) is 4.79 Å². The van der Waals surface area contributed by atoms with Gasteiger partial charge in [0.1, 0.15) is 0 Å². The van der Waals surface area contributed by atoms with E-state index in [-0.39, 0.29) is 0 Å². The van der Waals surface area contributed by atoms with Crippen molar-refractivity contribution in [3.05, 3.63) is 35.4 Å². The summed E-state index contributed by atoms with van der Waals surface area (Å²) in [5, 5.41) is 0. The molecule has 1 heterocycles. The van der Waals surface area contributed by atoms with E-state index in [1.807, 2.05) is 0 Å². The first-order valence-electron chi connectivity index (χ1n) is 8.29. The minimum absolute atomic E-state index is 0.294. The van der Waals surface area contributed by atoms with Crippen molar-refractivity contribution in [2.45, 2.75) is 57.9 Å². The smallest absolute Gasteiger partial charge is 0.223 e. The average molecular weight is 288 g/mol. The quantitative estimate of drug-likeness (QED) is 0.780. The molecule has 1 unspecified atom stereocenters. The molecule has 1 amide bonds. The fourth-order valence-electron chi connectivity index (χ4n) is 3.27. The molecule has 0 saturated carbocycles. The monoisotopic (exact) mass is 288 g/mol. The predicted molar refractivity (Wildman–Crippen MR) is 87.0 cm³/mol. The SMILES string of the molecule is Cc1ccccc1C1CCCN1C(=O)CCCCCCN. The van der Waals surface area contributed by atoms with Crippen LogP contribution in [0.25, 0.3) is 0 Å². The number of hydrogen-bond acceptors (Lipinski definition) is 2. The van der Waals surface area contributed by atoms with E-state index < -0.39 is 0 Å². The molecule has 21 heavy (non-hydrogen) atoms. The zero-order valence-electron chi connectivity index (χ0n) is 13.2. The van der Waals surface area contributed by atoms with Gasteiger partial charge in [0.2, 0.25) is 5.91 Å². The number of carbonyl (C=O) groups excluding carboxylic acids is 1. The molecule has 1 aromatic carbocycles. The third-order valence-corrected chi connectivity index (χ3v) is 4.47. The van der Waals surface area contributed by atoms with Crippen LogP contribution in [0.1, 0.15) is 62.1 Å². The van der Waals surface area contributed by atoms with E-state index >= 15 is 0 Å². The van der Waals surface area contributed by atoms with E-state index in [1.165, 1.54) is 11.1 Å². The number of nitrogens with zero attached hydrogens (tertiary/aromatic N) is 1. The first-order chi connectivity index (χ1) is 10.2. The fraction of sp³-hybridized carbons (Fsp3) is 0.611. The summed E-state index contributed by atoms with van der Waals surface area (Å²) in [6.45, 7) is 3.82. The second-order valence-electron chi connectivity index (χ2n) is 6.05. The van der Waals surface area contributed by atoms with Crippen LogP contribution < -0.4 is 5.73 Å². The Morgan fingerprint density at radius 1 is 1.24 bits per heavy atom. The summed E-state index contributed by atoms with van der Waals surface area (Å²) in [7, 11) is 0. The van der Waals surface area contributed by atoms with Gasteiger partial charge in [-0.05, 0) is 50.3 Å². The van der Waals surface area contributed by atoms with Gasteiger partial charge in [-0.25, -0.2) is 0 Å². The Hall–Kier alpha value is -1.35. The van der Waals surface area contributed by atoms with Crippen LogP contribution >= 0.6 is 0 Å². The molecule has 2 rings (SSSR count). The molecule has 1 aliphatic heterocycles. The lowest BCUT2D eigenvalue weighted by Crippen LogP contribution is -2.30.